The number of benzene rings is 1. The Balaban J connectivity index is 2.73. The summed E-state index contributed by atoms with van der Waals surface area (Å²) in [4.78, 5) is 6.86. The topological polar surface area (TPSA) is 59.9 Å². The normalized spacial score (nSPS) is 12.5. The molecule has 0 aliphatic carbocycles. The zero-order valence-corrected chi connectivity index (χ0v) is 17.3. The molecule has 5 heteroatoms. The molecular formula is C21H38N4O. The van der Waals surface area contributed by atoms with Crippen molar-refractivity contribution in [1.29, 1.82) is 0 Å². The van der Waals surface area contributed by atoms with E-state index in [0.717, 1.165) is 44.7 Å². The summed E-state index contributed by atoms with van der Waals surface area (Å²) in [5.41, 5.74) is 1.82. The molecule has 0 radical (unpaired) electrons. The van der Waals surface area contributed by atoms with Crippen molar-refractivity contribution < 1.29 is 5.11 Å². The van der Waals surface area contributed by atoms with Crippen LogP contribution in [0.4, 0.5) is 0 Å². The molecular weight excluding hydrogens is 324 g/mol. The maximum Gasteiger partial charge on any atom is 0.191 e. The Morgan fingerprint density at radius 2 is 1.73 bits per heavy atom. The lowest BCUT2D eigenvalue weighted by molar-refractivity contribution is 0.0257. The molecule has 0 saturated carbocycles. The smallest absolute Gasteiger partial charge is 0.191 e. The molecule has 148 valence electrons. The number of nitrogens with one attached hydrogen (secondary N) is 2. The molecule has 0 spiro atoms. The van der Waals surface area contributed by atoms with E-state index in [4.69, 9.17) is 4.99 Å². The van der Waals surface area contributed by atoms with Crippen molar-refractivity contribution >= 4 is 5.96 Å². The summed E-state index contributed by atoms with van der Waals surface area (Å²) in [6.45, 7) is 9.15. The minimum atomic E-state index is -0.661. The van der Waals surface area contributed by atoms with Gasteiger partial charge in [-0.05, 0) is 45.0 Å². The van der Waals surface area contributed by atoms with Gasteiger partial charge in [-0.1, -0.05) is 51.0 Å². The summed E-state index contributed by atoms with van der Waals surface area (Å²) >= 11 is 0. The fourth-order valence-corrected chi connectivity index (χ4v) is 3.18. The molecule has 0 aliphatic heterocycles. The molecule has 5 nitrogen and oxygen atoms in total. The first kappa shape index (κ1) is 22.5. The first-order valence-corrected chi connectivity index (χ1v) is 9.89. The van der Waals surface area contributed by atoms with Crippen LogP contribution in [0.25, 0.3) is 0 Å². The van der Waals surface area contributed by atoms with Gasteiger partial charge in [-0.25, -0.2) is 4.99 Å². The van der Waals surface area contributed by atoms with Gasteiger partial charge in [-0.3, -0.25) is 0 Å². The molecule has 26 heavy (non-hydrogen) atoms. The molecule has 0 aliphatic rings. The predicted octanol–water partition coefficient (Wildman–Crippen LogP) is 3.13. The zero-order valence-electron chi connectivity index (χ0n) is 17.3. The van der Waals surface area contributed by atoms with Crippen LogP contribution in [0.1, 0.15) is 57.6 Å². The Labute approximate surface area is 159 Å². The lowest BCUT2D eigenvalue weighted by Gasteiger charge is -2.28. The van der Waals surface area contributed by atoms with Gasteiger partial charge in [-0.2, -0.15) is 0 Å². The van der Waals surface area contributed by atoms with Gasteiger partial charge in [0.25, 0.3) is 0 Å². The summed E-state index contributed by atoms with van der Waals surface area (Å²) < 4.78 is 0. The van der Waals surface area contributed by atoms with E-state index in [1.807, 2.05) is 0 Å². The third kappa shape index (κ3) is 8.68. The van der Waals surface area contributed by atoms with Crippen LogP contribution in [0.2, 0.25) is 0 Å². The molecule has 0 amide bonds. The van der Waals surface area contributed by atoms with Gasteiger partial charge in [0.15, 0.2) is 5.96 Å². The van der Waals surface area contributed by atoms with Crippen molar-refractivity contribution in [3.05, 3.63) is 35.4 Å². The highest BCUT2D eigenvalue weighted by molar-refractivity contribution is 5.79. The van der Waals surface area contributed by atoms with Crippen LogP contribution in [0, 0.1) is 0 Å². The summed E-state index contributed by atoms with van der Waals surface area (Å²) in [5, 5.41) is 17.4. The van der Waals surface area contributed by atoms with Crippen LogP contribution in [0.3, 0.4) is 0 Å². The molecule has 1 aromatic rings. The fourth-order valence-electron chi connectivity index (χ4n) is 3.18. The molecule has 1 aromatic carbocycles. The van der Waals surface area contributed by atoms with Crippen LogP contribution >= 0.6 is 0 Å². The highest BCUT2D eigenvalue weighted by Gasteiger charge is 2.24. The van der Waals surface area contributed by atoms with Crippen molar-refractivity contribution in [3.8, 4) is 0 Å². The number of nitrogens with zero attached hydrogens (tertiary/aromatic N) is 2. The summed E-state index contributed by atoms with van der Waals surface area (Å²) in [6, 6.07) is 8.55. The van der Waals surface area contributed by atoms with Crippen molar-refractivity contribution in [2.45, 2.75) is 65.1 Å². The first-order valence-electron chi connectivity index (χ1n) is 9.89. The van der Waals surface area contributed by atoms with Crippen LogP contribution in [0.15, 0.2) is 29.3 Å². The maximum atomic E-state index is 10.8. The Kier molecular flexibility index (Phi) is 10.3. The first-order chi connectivity index (χ1) is 12.4. The van der Waals surface area contributed by atoms with Gasteiger partial charge in [0.2, 0.25) is 0 Å². The lowest BCUT2D eigenvalue weighted by atomic mass is 9.93. The molecule has 3 N–H and O–H groups in total. The number of rotatable bonds is 11. The number of guanidine groups is 1. The zero-order chi connectivity index (χ0) is 19.4. The predicted molar refractivity (Wildman–Crippen MR) is 111 cm³/mol. The Hall–Kier alpha value is -1.59. The third-order valence-electron chi connectivity index (χ3n) is 4.27. The summed E-state index contributed by atoms with van der Waals surface area (Å²) in [7, 11) is 4.15. The maximum absolute atomic E-state index is 10.8. The van der Waals surface area contributed by atoms with E-state index in [1.54, 1.807) is 0 Å². The van der Waals surface area contributed by atoms with Crippen LogP contribution < -0.4 is 10.6 Å². The fraction of sp³-hybridized carbons (Fsp3) is 0.667. The van der Waals surface area contributed by atoms with Gasteiger partial charge < -0.3 is 20.6 Å². The van der Waals surface area contributed by atoms with E-state index in [-0.39, 0.29) is 0 Å². The molecule has 1 rings (SSSR count). The lowest BCUT2D eigenvalue weighted by Crippen LogP contribution is -2.47. The van der Waals surface area contributed by atoms with Crippen molar-refractivity contribution in [2.75, 3.05) is 27.2 Å². The highest BCUT2D eigenvalue weighted by Crippen LogP contribution is 2.18. The third-order valence-corrected chi connectivity index (χ3v) is 4.27. The van der Waals surface area contributed by atoms with Crippen molar-refractivity contribution in [3.63, 3.8) is 0 Å². The largest absolute Gasteiger partial charge is 0.388 e. The van der Waals surface area contributed by atoms with E-state index in [2.05, 4.69) is 74.7 Å². The van der Waals surface area contributed by atoms with Crippen LogP contribution in [0.5, 0.6) is 0 Å². The number of aliphatic hydroxyl groups is 1. The molecule has 0 fully saturated rings. The molecule has 0 bridgehead atoms. The van der Waals surface area contributed by atoms with Crippen molar-refractivity contribution in [1.82, 2.24) is 15.5 Å². The molecule has 0 saturated heterocycles. The summed E-state index contributed by atoms with van der Waals surface area (Å²) in [5.74, 6) is 0.760. The number of hydrogen-bond acceptors (Lipinski definition) is 3. The molecule has 0 atom stereocenters. The molecule has 0 heterocycles. The van der Waals surface area contributed by atoms with Crippen molar-refractivity contribution in [2.24, 2.45) is 4.99 Å². The Morgan fingerprint density at radius 1 is 1.08 bits per heavy atom. The minimum absolute atomic E-state index is 0.529. The number of aliphatic imine (C=N–C) groups is 1. The average Bonchev–Trinajstić information content (AvgIpc) is 2.57. The second kappa shape index (κ2) is 11.9. The van der Waals surface area contributed by atoms with Gasteiger partial charge >= 0.3 is 0 Å². The Morgan fingerprint density at radius 3 is 2.31 bits per heavy atom. The van der Waals surface area contributed by atoms with E-state index in [1.165, 1.54) is 11.1 Å². The van der Waals surface area contributed by atoms with Gasteiger partial charge in [0.05, 0.1) is 12.1 Å². The van der Waals surface area contributed by atoms with E-state index >= 15 is 0 Å². The highest BCUT2D eigenvalue weighted by atomic mass is 16.3. The van der Waals surface area contributed by atoms with E-state index in [0.29, 0.717) is 13.1 Å². The SMILES string of the molecule is CCCC(O)(CCC)CNC(=NCc1cccc(CN(C)C)c1)NCC. The molecule has 0 unspecified atom stereocenters. The quantitative estimate of drug-likeness (QED) is 0.418. The minimum Gasteiger partial charge on any atom is -0.388 e. The Bertz CT molecular complexity index is 537. The van der Waals surface area contributed by atoms with Crippen LogP contribution in [-0.4, -0.2) is 48.8 Å². The van der Waals surface area contributed by atoms with E-state index in [9.17, 15) is 5.11 Å². The second-order valence-corrected chi connectivity index (χ2v) is 7.33. The van der Waals surface area contributed by atoms with Gasteiger partial charge in [0.1, 0.15) is 0 Å². The van der Waals surface area contributed by atoms with Gasteiger partial charge in [-0.15, -0.1) is 0 Å². The van der Waals surface area contributed by atoms with Crippen LogP contribution in [-0.2, 0) is 13.1 Å². The van der Waals surface area contributed by atoms with E-state index < -0.39 is 5.60 Å². The van der Waals surface area contributed by atoms with Gasteiger partial charge in [0, 0.05) is 19.6 Å². The molecule has 0 aromatic heterocycles. The average molecular weight is 363 g/mol. The number of hydrogen-bond donors (Lipinski definition) is 3. The standard InChI is InChI=1S/C21H38N4O/c1-6-12-21(26,13-7-2)17-24-20(22-8-3)23-15-18-10-9-11-19(14-18)16-25(4)5/h9-11,14,26H,6-8,12-13,15-17H2,1-5H3,(H2,22,23,24). The summed E-state index contributed by atoms with van der Waals surface area (Å²) in [6.07, 6.45) is 3.56. The monoisotopic (exact) mass is 362 g/mol. The second-order valence-electron chi connectivity index (χ2n) is 7.33.